The first kappa shape index (κ1) is 26.3. The predicted octanol–water partition coefficient (Wildman–Crippen LogP) is 6.19. The lowest BCUT2D eigenvalue weighted by molar-refractivity contribution is -0.146. The first-order valence-corrected chi connectivity index (χ1v) is 12.1. The summed E-state index contributed by atoms with van der Waals surface area (Å²) < 4.78 is 12.6. The Bertz CT molecular complexity index is 1200. The SMILES string of the molecule is CCOC(=O)CCC(=O)Oc1ccccc1-c1nc2cc(C)ccn2c1NC(C)(C)CC(C)(C)C. The molecule has 0 unspecified atom stereocenters. The number of aromatic nitrogens is 2. The van der Waals surface area contributed by atoms with Crippen molar-refractivity contribution < 1.29 is 19.1 Å². The van der Waals surface area contributed by atoms with Crippen molar-refractivity contribution in [2.24, 2.45) is 5.41 Å². The molecule has 35 heavy (non-hydrogen) atoms. The maximum atomic E-state index is 12.5. The van der Waals surface area contributed by atoms with Crippen LogP contribution in [0.3, 0.4) is 0 Å². The smallest absolute Gasteiger partial charge is 0.311 e. The number of ether oxygens (including phenoxy) is 2. The fourth-order valence-electron chi connectivity index (χ4n) is 4.51. The highest BCUT2D eigenvalue weighted by Crippen LogP contribution is 2.38. The first-order chi connectivity index (χ1) is 16.4. The summed E-state index contributed by atoms with van der Waals surface area (Å²) in [4.78, 5) is 29.1. The third-order valence-corrected chi connectivity index (χ3v) is 5.42. The van der Waals surface area contributed by atoms with E-state index in [0.717, 1.165) is 23.4 Å². The molecule has 7 nitrogen and oxygen atoms in total. The molecule has 0 aliphatic heterocycles. The van der Waals surface area contributed by atoms with Gasteiger partial charge in [-0.25, -0.2) is 4.98 Å². The van der Waals surface area contributed by atoms with E-state index >= 15 is 0 Å². The summed E-state index contributed by atoms with van der Waals surface area (Å²) in [5.41, 5.74) is 3.21. The first-order valence-electron chi connectivity index (χ1n) is 12.1. The van der Waals surface area contributed by atoms with Crippen LogP contribution >= 0.6 is 0 Å². The van der Waals surface area contributed by atoms with Gasteiger partial charge in [-0.15, -0.1) is 0 Å². The molecule has 0 saturated heterocycles. The molecule has 0 fully saturated rings. The number of fused-ring (bicyclic) bond motifs is 1. The summed E-state index contributed by atoms with van der Waals surface area (Å²) in [5.74, 6) is 0.330. The number of rotatable bonds is 9. The molecular formula is C28H37N3O4. The zero-order valence-electron chi connectivity index (χ0n) is 21.9. The van der Waals surface area contributed by atoms with Gasteiger partial charge in [-0.3, -0.25) is 14.0 Å². The Morgan fingerprint density at radius 3 is 2.40 bits per heavy atom. The second kappa shape index (κ2) is 10.5. The van der Waals surface area contributed by atoms with Crippen LogP contribution in [0.4, 0.5) is 5.82 Å². The van der Waals surface area contributed by atoms with Gasteiger partial charge in [0.2, 0.25) is 0 Å². The Morgan fingerprint density at radius 2 is 1.71 bits per heavy atom. The van der Waals surface area contributed by atoms with Crippen LogP contribution in [0, 0.1) is 12.3 Å². The minimum Gasteiger partial charge on any atom is -0.466 e. The van der Waals surface area contributed by atoms with Gasteiger partial charge in [-0.2, -0.15) is 0 Å². The van der Waals surface area contributed by atoms with E-state index in [1.54, 1.807) is 13.0 Å². The minimum atomic E-state index is -0.493. The maximum absolute atomic E-state index is 12.5. The lowest BCUT2D eigenvalue weighted by Crippen LogP contribution is -2.36. The minimum absolute atomic E-state index is 0.0176. The van der Waals surface area contributed by atoms with Crippen molar-refractivity contribution in [1.82, 2.24) is 9.38 Å². The van der Waals surface area contributed by atoms with Gasteiger partial charge in [-0.05, 0) is 69.4 Å². The van der Waals surface area contributed by atoms with Gasteiger partial charge >= 0.3 is 11.9 Å². The van der Waals surface area contributed by atoms with Crippen molar-refractivity contribution in [3.05, 3.63) is 48.2 Å². The van der Waals surface area contributed by atoms with Crippen molar-refractivity contribution in [3.8, 4) is 17.0 Å². The number of carbonyl (C=O) groups is 2. The second-order valence-electron chi connectivity index (χ2n) is 10.8. The van der Waals surface area contributed by atoms with E-state index in [1.165, 1.54) is 0 Å². The van der Waals surface area contributed by atoms with E-state index in [2.05, 4.69) is 39.9 Å². The van der Waals surface area contributed by atoms with Gasteiger partial charge in [0.1, 0.15) is 22.9 Å². The molecule has 2 aromatic heterocycles. The Morgan fingerprint density at radius 1 is 1.03 bits per heavy atom. The summed E-state index contributed by atoms with van der Waals surface area (Å²) in [7, 11) is 0. The molecule has 188 valence electrons. The highest BCUT2D eigenvalue weighted by atomic mass is 16.5. The number of aryl methyl sites for hydroxylation is 1. The van der Waals surface area contributed by atoms with Gasteiger partial charge in [-0.1, -0.05) is 32.9 Å². The zero-order chi connectivity index (χ0) is 25.8. The van der Waals surface area contributed by atoms with Crippen molar-refractivity contribution in [3.63, 3.8) is 0 Å². The fraction of sp³-hybridized carbons (Fsp3) is 0.464. The number of pyridine rings is 1. The molecule has 0 aliphatic carbocycles. The van der Waals surface area contributed by atoms with E-state index in [1.807, 2.05) is 47.9 Å². The van der Waals surface area contributed by atoms with Crippen LogP contribution in [0.1, 0.15) is 66.4 Å². The normalized spacial score (nSPS) is 12.0. The molecule has 0 saturated carbocycles. The molecule has 0 atom stereocenters. The van der Waals surface area contributed by atoms with Crippen LogP contribution in [0.2, 0.25) is 0 Å². The van der Waals surface area contributed by atoms with Crippen LogP contribution in [-0.2, 0) is 14.3 Å². The molecule has 1 aromatic carbocycles. The number of hydrogen-bond donors (Lipinski definition) is 1. The largest absolute Gasteiger partial charge is 0.466 e. The molecule has 3 aromatic rings. The third kappa shape index (κ3) is 7.07. The Hall–Kier alpha value is -3.35. The van der Waals surface area contributed by atoms with E-state index < -0.39 is 11.9 Å². The number of carbonyl (C=O) groups excluding carboxylic acids is 2. The molecule has 0 spiro atoms. The van der Waals surface area contributed by atoms with Crippen LogP contribution in [0.15, 0.2) is 42.6 Å². The fourth-order valence-corrected chi connectivity index (χ4v) is 4.51. The number of anilines is 1. The number of para-hydroxylation sites is 1. The van der Waals surface area contributed by atoms with Gasteiger partial charge in [0.25, 0.3) is 0 Å². The summed E-state index contributed by atoms with van der Waals surface area (Å²) >= 11 is 0. The topological polar surface area (TPSA) is 81.9 Å². The van der Waals surface area contributed by atoms with Gasteiger partial charge < -0.3 is 14.8 Å². The summed E-state index contributed by atoms with van der Waals surface area (Å²) in [6, 6.07) is 11.4. The third-order valence-electron chi connectivity index (χ3n) is 5.42. The van der Waals surface area contributed by atoms with Crippen molar-refractivity contribution in [2.75, 3.05) is 11.9 Å². The summed E-state index contributed by atoms with van der Waals surface area (Å²) in [5, 5.41) is 3.72. The molecular weight excluding hydrogens is 442 g/mol. The lowest BCUT2D eigenvalue weighted by Gasteiger charge is -2.34. The van der Waals surface area contributed by atoms with E-state index in [-0.39, 0.29) is 30.4 Å². The maximum Gasteiger partial charge on any atom is 0.311 e. The average molecular weight is 480 g/mol. The average Bonchev–Trinajstić information content (AvgIpc) is 3.07. The van der Waals surface area contributed by atoms with Gasteiger partial charge in [0, 0.05) is 17.3 Å². The van der Waals surface area contributed by atoms with Crippen LogP contribution in [0.25, 0.3) is 16.9 Å². The molecule has 3 rings (SSSR count). The molecule has 1 N–H and O–H groups in total. The Kier molecular flexibility index (Phi) is 7.88. The number of nitrogens with one attached hydrogen (secondary N) is 1. The number of esters is 2. The molecule has 0 amide bonds. The van der Waals surface area contributed by atoms with E-state index in [0.29, 0.717) is 17.0 Å². The standard InChI is InChI=1S/C28H37N3O4/c1-8-34-23(32)13-14-24(33)35-21-12-10-9-11-20(21)25-26(30-28(6,7)18-27(3,4)5)31-16-15-19(2)17-22(31)29-25/h9-12,15-17,30H,8,13-14,18H2,1-7H3. The monoisotopic (exact) mass is 479 g/mol. The quantitative estimate of drug-likeness (QED) is 0.291. The molecule has 7 heteroatoms. The van der Waals surface area contributed by atoms with E-state index in [4.69, 9.17) is 14.5 Å². The van der Waals surface area contributed by atoms with Crippen molar-refractivity contribution >= 4 is 23.4 Å². The van der Waals surface area contributed by atoms with E-state index in [9.17, 15) is 9.59 Å². The molecule has 2 heterocycles. The van der Waals surface area contributed by atoms with Crippen molar-refractivity contribution in [2.45, 2.75) is 73.3 Å². The van der Waals surface area contributed by atoms with Gasteiger partial charge in [0.15, 0.2) is 0 Å². The summed E-state index contributed by atoms with van der Waals surface area (Å²) in [6.07, 6.45) is 2.87. The number of imidazole rings is 1. The molecule has 0 radical (unpaired) electrons. The van der Waals surface area contributed by atoms with Crippen LogP contribution < -0.4 is 10.1 Å². The molecule has 0 bridgehead atoms. The second-order valence-corrected chi connectivity index (χ2v) is 10.8. The lowest BCUT2D eigenvalue weighted by atomic mass is 9.82. The summed E-state index contributed by atoms with van der Waals surface area (Å²) in [6.45, 7) is 15.1. The molecule has 0 aliphatic rings. The number of hydrogen-bond acceptors (Lipinski definition) is 6. The predicted molar refractivity (Wildman–Crippen MR) is 139 cm³/mol. The van der Waals surface area contributed by atoms with Gasteiger partial charge in [0.05, 0.1) is 19.4 Å². The highest BCUT2D eigenvalue weighted by molar-refractivity contribution is 5.84. The Labute approximate surface area is 207 Å². The highest BCUT2D eigenvalue weighted by Gasteiger charge is 2.29. The Balaban J connectivity index is 2.00. The number of benzene rings is 1. The van der Waals surface area contributed by atoms with Crippen LogP contribution in [-0.4, -0.2) is 33.5 Å². The zero-order valence-corrected chi connectivity index (χ0v) is 21.9. The van der Waals surface area contributed by atoms with Crippen LogP contribution in [0.5, 0.6) is 5.75 Å². The number of nitrogens with zero attached hydrogens (tertiary/aromatic N) is 2. The van der Waals surface area contributed by atoms with Crippen molar-refractivity contribution in [1.29, 1.82) is 0 Å².